The van der Waals surface area contributed by atoms with Gasteiger partial charge in [-0.2, -0.15) is 0 Å². The number of aliphatic hydroxyl groups is 1. The lowest BCUT2D eigenvalue weighted by molar-refractivity contribution is -0.137. The van der Waals surface area contributed by atoms with Crippen LogP contribution in [-0.2, 0) is 22.6 Å². The van der Waals surface area contributed by atoms with Crippen LogP contribution in [0.5, 0.6) is 0 Å². The molecule has 3 N–H and O–H groups in total. The van der Waals surface area contributed by atoms with Gasteiger partial charge in [0.15, 0.2) is 0 Å². The number of benzene rings is 1. The van der Waals surface area contributed by atoms with Crippen molar-refractivity contribution in [1.82, 2.24) is 15.2 Å². The summed E-state index contributed by atoms with van der Waals surface area (Å²) in [5, 5.41) is 13.8. The highest BCUT2D eigenvalue weighted by Crippen LogP contribution is 2.40. The number of H-pyrrole nitrogens is 1. The molecule has 1 aromatic heterocycles. The summed E-state index contributed by atoms with van der Waals surface area (Å²) in [6, 6.07) is 7.14. The van der Waals surface area contributed by atoms with E-state index in [1.54, 1.807) is 4.90 Å². The summed E-state index contributed by atoms with van der Waals surface area (Å²) in [5.41, 5.74) is 8.30. The number of aromatic nitrogens is 1. The van der Waals surface area contributed by atoms with Crippen molar-refractivity contribution in [2.75, 3.05) is 13.2 Å². The third kappa shape index (κ3) is 6.92. The van der Waals surface area contributed by atoms with E-state index in [1.807, 2.05) is 43.4 Å². The van der Waals surface area contributed by atoms with Crippen LogP contribution in [-0.4, -0.2) is 46.0 Å². The number of para-hydroxylation sites is 1. The minimum absolute atomic E-state index is 0.211. The molecular formula is C34H43N3O3. The van der Waals surface area contributed by atoms with Crippen molar-refractivity contribution < 1.29 is 14.7 Å². The Hall–Kier alpha value is -3.64. The Kier molecular flexibility index (Phi) is 9.31. The van der Waals surface area contributed by atoms with Crippen molar-refractivity contribution >= 4 is 22.7 Å². The van der Waals surface area contributed by atoms with Gasteiger partial charge in [-0.25, -0.2) is 0 Å². The molecule has 212 valence electrons. The lowest BCUT2D eigenvalue weighted by Gasteiger charge is -2.32. The molecule has 0 unspecified atom stereocenters. The average Bonchev–Trinajstić information content (AvgIpc) is 3.28. The molecule has 1 atom stereocenters. The molecule has 1 aliphatic heterocycles. The van der Waals surface area contributed by atoms with Gasteiger partial charge in [0.1, 0.15) is 6.04 Å². The van der Waals surface area contributed by atoms with Crippen molar-refractivity contribution in [1.29, 1.82) is 0 Å². The second-order valence-electron chi connectivity index (χ2n) is 11.8. The van der Waals surface area contributed by atoms with Crippen LogP contribution in [0.3, 0.4) is 0 Å². The maximum atomic E-state index is 13.1. The molecule has 2 aliphatic rings. The van der Waals surface area contributed by atoms with E-state index in [0.717, 1.165) is 28.8 Å². The zero-order valence-corrected chi connectivity index (χ0v) is 24.5. The van der Waals surface area contributed by atoms with Gasteiger partial charge in [0, 0.05) is 29.2 Å². The normalized spacial score (nSPS) is 19.0. The third-order valence-electron chi connectivity index (χ3n) is 8.12. The summed E-state index contributed by atoms with van der Waals surface area (Å²) in [5.74, 6) is -0.681. The summed E-state index contributed by atoms with van der Waals surface area (Å²) in [6.45, 7) is 11.3. The molecule has 2 aromatic rings. The number of rotatable bonds is 8. The van der Waals surface area contributed by atoms with E-state index >= 15 is 0 Å². The van der Waals surface area contributed by atoms with Crippen LogP contribution in [0.4, 0.5) is 0 Å². The highest BCUT2D eigenvalue weighted by atomic mass is 16.3. The van der Waals surface area contributed by atoms with Crippen molar-refractivity contribution in [3.8, 4) is 0 Å². The second kappa shape index (κ2) is 12.7. The zero-order chi connectivity index (χ0) is 28.9. The molecule has 0 bridgehead atoms. The first-order valence-corrected chi connectivity index (χ1v) is 14.3. The fourth-order valence-electron chi connectivity index (χ4n) is 5.89. The lowest BCUT2D eigenvalue weighted by Crippen LogP contribution is -2.51. The predicted octanol–water partition coefficient (Wildman–Crippen LogP) is 6.06. The first kappa shape index (κ1) is 29.3. The van der Waals surface area contributed by atoms with Crippen LogP contribution in [0, 0.1) is 5.41 Å². The fourth-order valence-corrected chi connectivity index (χ4v) is 5.89. The van der Waals surface area contributed by atoms with Crippen LogP contribution >= 0.6 is 0 Å². The van der Waals surface area contributed by atoms with Gasteiger partial charge in [0.2, 0.25) is 11.8 Å². The van der Waals surface area contributed by atoms with Crippen LogP contribution in [0.15, 0.2) is 83.0 Å². The standard InChI is InChI=1S/C34H43N3O3/c1-23(15-16-28-25(3)12-9-18-34(28,4)5)10-8-11-24(2)20-32(39)36-31(22-38)33(40)37-19-17-27-26-13-6-7-14-29(26)35-30(27)21-37/h6-8,10-11,13-16,20,31,35,38H,9,12,17-19,21-22H2,1-5H3,(H,36,39)/t31-/m0/s1. The number of hydrogen-bond donors (Lipinski definition) is 3. The smallest absolute Gasteiger partial charge is 0.247 e. The molecule has 2 amide bonds. The van der Waals surface area contributed by atoms with Gasteiger partial charge in [-0.05, 0) is 74.6 Å². The summed E-state index contributed by atoms with van der Waals surface area (Å²) in [6.07, 6.45) is 16.0. The SMILES string of the molecule is CC(C=CC1=C(C)CCCC1(C)C)=CC=CC(C)=CC(=O)N[C@@H](CO)C(=O)N1CCc2c([nH]c3ccccc23)C1. The summed E-state index contributed by atoms with van der Waals surface area (Å²) < 4.78 is 0. The molecule has 4 rings (SSSR count). The molecule has 0 radical (unpaired) electrons. The number of nitrogens with zero attached hydrogens (tertiary/aromatic N) is 1. The topological polar surface area (TPSA) is 85.4 Å². The van der Waals surface area contributed by atoms with E-state index in [4.69, 9.17) is 0 Å². The molecule has 1 aromatic carbocycles. The monoisotopic (exact) mass is 541 g/mol. The molecule has 6 heteroatoms. The minimum atomic E-state index is -0.986. The number of amides is 2. The van der Waals surface area contributed by atoms with Crippen LogP contribution in [0.1, 0.15) is 65.1 Å². The summed E-state index contributed by atoms with van der Waals surface area (Å²) >= 11 is 0. The Morgan fingerprint density at radius 3 is 2.67 bits per heavy atom. The molecule has 0 spiro atoms. The van der Waals surface area contributed by atoms with Crippen LogP contribution in [0.2, 0.25) is 0 Å². The summed E-state index contributed by atoms with van der Waals surface area (Å²) in [7, 11) is 0. The van der Waals surface area contributed by atoms with Gasteiger partial charge in [-0.1, -0.05) is 73.6 Å². The Morgan fingerprint density at radius 2 is 1.93 bits per heavy atom. The quantitative estimate of drug-likeness (QED) is 0.280. The summed E-state index contributed by atoms with van der Waals surface area (Å²) in [4.78, 5) is 30.9. The minimum Gasteiger partial charge on any atom is -0.394 e. The highest BCUT2D eigenvalue weighted by molar-refractivity contribution is 5.94. The van der Waals surface area contributed by atoms with E-state index in [1.165, 1.54) is 47.4 Å². The molecule has 0 fully saturated rings. The average molecular weight is 542 g/mol. The van der Waals surface area contributed by atoms with Gasteiger partial charge in [0.05, 0.1) is 13.2 Å². The van der Waals surface area contributed by atoms with Gasteiger partial charge < -0.3 is 20.3 Å². The Morgan fingerprint density at radius 1 is 1.15 bits per heavy atom. The second-order valence-corrected chi connectivity index (χ2v) is 11.8. The number of aliphatic hydroxyl groups excluding tert-OH is 1. The Balaban J connectivity index is 1.33. The maximum Gasteiger partial charge on any atom is 0.247 e. The van der Waals surface area contributed by atoms with Gasteiger partial charge in [-0.3, -0.25) is 9.59 Å². The van der Waals surface area contributed by atoms with Gasteiger partial charge in [0.25, 0.3) is 0 Å². The Bertz CT molecular complexity index is 1420. The Labute approximate surface area is 238 Å². The van der Waals surface area contributed by atoms with Crippen LogP contribution in [0.25, 0.3) is 10.9 Å². The molecule has 40 heavy (non-hydrogen) atoms. The first-order chi connectivity index (χ1) is 19.1. The van der Waals surface area contributed by atoms with Crippen molar-refractivity contribution in [3.63, 3.8) is 0 Å². The number of carbonyl (C=O) groups is 2. The van der Waals surface area contributed by atoms with Crippen molar-refractivity contribution in [3.05, 3.63) is 94.3 Å². The number of aromatic amines is 1. The van der Waals surface area contributed by atoms with E-state index < -0.39 is 18.6 Å². The molecule has 0 saturated heterocycles. The number of hydrogen-bond acceptors (Lipinski definition) is 3. The predicted molar refractivity (Wildman–Crippen MR) is 163 cm³/mol. The highest BCUT2D eigenvalue weighted by Gasteiger charge is 2.29. The molecule has 6 nitrogen and oxygen atoms in total. The molecular weight excluding hydrogens is 498 g/mol. The number of allylic oxidation sites excluding steroid dienone is 9. The third-order valence-corrected chi connectivity index (χ3v) is 8.12. The largest absolute Gasteiger partial charge is 0.394 e. The first-order valence-electron chi connectivity index (χ1n) is 14.3. The van der Waals surface area contributed by atoms with Crippen molar-refractivity contribution in [2.24, 2.45) is 5.41 Å². The van der Waals surface area contributed by atoms with Gasteiger partial charge in [-0.15, -0.1) is 0 Å². The van der Waals surface area contributed by atoms with Gasteiger partial charge >= 0.3 is 0 Å². The van der Waals surface area contributed by atoms with E-state index in [2.05, 4.69) is 56.2 Å². The number of nitrogens with one attached hydrogen (secondary N) is 2. The van der Waals surface area contributed by atoms with E-state index in [9.17, 15) is 14.7 Å². The van der Waals surface area contributed by atoms with Crippen molar-refractivity contribution in [2.45, 2.75) is 72.9 Å². The van der Waals surface area contributed by atoms with E-state index in [0.29, 0.717) is 13.1 Å². The molecule has 2 heterocycles. The van der Waals surface area contributed by atoms with E-state index in [-0.39, 0.29) is 11.3 Å². The molecule has 0 saturated carbocycles. The lowest BCUT2D eigenvalue weighted by atomic mass is 9.72. The number of carbonyl (C=O) groups excluding carboxylic acids is 2. The number of fused-ring (bicyclic) bond motifs is 3. The van der Waals surface area contributed by atoms with Crippen LogP contribution < -0.4 is 5.32 Å². The zero-order valence-electron chi connectivity index (χ0n) is 24.5. The maximum absolute atomic E-state index is 13.1. The molecule has 1 aliphatic carbocycles. The fraction of sp³-hybridized carbons (Fsp3) is 0.412.